The predicted octanol–water partition coefficient (Wildman–Crippen LogP) is 8.02. The van der Waals surface area contributed by atoms with Crippen LogP contribution in [0.4, 0.5) is 0 Å². The van der Waals surface area contributed by atoms with Crippen molar-refractivity contribution in [2.45, 2.75) is 119 Å². The normalized spacial score (nSPS) is 57.9. The fraction of sp³-hybridized carbons (Fsp3) is 0.933. The van der Waals surface area contributed by atoms with Crippen LogP contribution in [0.25, 0.3) is 0 Å². The Morgan fingerprint density at radius 3 is 2.13 bits per heavy atom. The maximum absolute atomic E-state index is 10.9. The van der Waals surface area contributed by atoms with Crippen LogP contribution in [0, 0.1) is 56.7 Å². The maximum atomic E-state index is 10.9. The van der Waals surface area contributed by atoms with E-state index >= 15 is 0 Å². The van der Waals surface area contributed by atoms with Crippen LogP contribution in [0.5, 0.6) is 0 Å². The van der Waals surface area contributed by atoms with Gasteiger partial charge in [-0.15, -0.1) is 0 Å². The first-order valence-electron chi connectivity index (χ1n) is 13.6. The summed E-state index contributed by atoms with van der Waals surface area (Å²) >= 11 is 0. The van der Waals surface area contributed by atoms with Gasteiger partial charge in [0.05, 0.1) is 6.10 Å². The van der Waals surface area contributed by atoms with E-state index in [0.29, 0.717) is 27.6 Å². The number of aliphatic hydroxyl groups excluding tert-OH is 1. The molecule has 176 valence electrons. The molecule has 5 fully saturated rings. The van der Waals surface area contributed by atoms with Crippen LogP contribution in [-0.2, 0) is 0 Å². The molecule has 0 bridgehead atoms. The first-order chi connectivity index (χ1) is 14.3. The average Bonchev–Trinajstić information content (AvgIpc) is 3.04. The lowest BCUT2D eigenvalue weighted by molar-refractivity contribution is -0.246. The van der Waals surface area contributed by atoms with Crippen molar-refractivity contribution in [2.24, 2.45) is 56.7 Å². The summed E-state index contributed by atoms with van der Waals surface area (Å²) in [6.45, 7) is 22.3. The van der Waals surface area contributed by atoms with Crippen LogP contribution in [-0.4, -0.2) is 11.2 Å². The average molecular weight is 427 g/mol. The molecule has 5 rings (SSSR count). The predicted molar refractivity (Wildman–Crippen MR) is 131 cm³/mol. The van der Waals surface area contributed by atoms with Crippen molar-refractivity contribution in [3.05, 3.63) is 12.2 Å². The van der Waals surface area contributed by atoms with Crippen molar-refractivity contribution in [3.63, 3.8) is 0 Å². The van der Waals surface area contributed by atoms with Crippen LogP contribution in [0.3, 0.4) is 0 Å². The van der Waals surface area contributed by atoms with Gasteiger partial charge in [0, 0.05) is 0 Å². The smallest absolute Gasteiger partial charge is 0.0594 e. The first-order valence-corrected chi connectivity index (χ1v) is 13.6. The van der Waals surface area contributed by atoms with Crippen LogP contribution >= 0.6 is 0 Å². The maximum Gasteiger partial charge on any atom is 0.0594 e. The summed E-state index contributed by atoms with van der Waals surface area (Å²) in [4.78, 5) is 0. The van der Waals surface area contributed by atoms with Crippen molar-refractivity contribution < 1.29 is 5.11 Å². The molecule has 0 saturated heterocycles. The van der Waals surface area contributed by atoms with E-state index < -0.39 is 0 Å². The highest BCUT2D eigenvalue weighted by Crippen LogP contribution is 2.77. The van der Waals surface area contributed by atoms with Gasteiger partial charge >= 0.3 is 0 Å². The van der Waals surface area contributed by atoms with E-state index in [-0.39, 0.29) is 11.5 Å². The molecule has 1 nitrogen and oxygen atoms in total. The second kappa shape index (κ2) is 6.64. The number of aliphatic hydroxyl groups is 1. The number of allylic oxidation sites excluding steroid dienone is 1. The van der Waals surface area contributed by atoms with Gasteiger partial charge in [-0.3, -0.25) is 0 Å². The van der Waals surface area contributed by atoms with E-state index in [4.69, 9.17) is 0 Å². The van der Waals surface area contributed by atoms with Gasteiger partial charge in [0.25, 0.3) is 0 Å². The number of hydrogen-bond acceptors (Lipinski definition) is 1. The lowest BCUT2D eigenvalue weighted by Gasteiger charge is -2.73. The van der Waals surface area contributed by atoms with E-state index in [1.807, 2.05) is 0 Å². The molecule has 0 radical (unpaired) electrons. The van der Waals surface area contributed by atoms with Crippen LogP contribution in [0.2, 0.25) is 0 Å². The summed E-state index contributed by atoms with van der Waals surface area (Å²) in [7, 11) is 0. The third-order valence-electron chi connectivity index (χ3n) is 13.5. The monoisotopic (exact) mass is 426 g/mol. The Kier molecular flexibility index (Phi) is 4.82. The molecule has 0 aromatic heterocycles. The molecule has 1 heteroatoms. The zero-order valence-electron chi connectivity index (χ0n) is 21.7. The van der Waals surface area contributed by atoms with E-state index in [2.05, 4.69) is 55.0 Å². The van der Waals surface area contributed by atoms with Crippen LogP contribution in [0.15, 0.2) is 12.2 Å². The highest BCUT2D eigenvalue weighted by Gasteiger charge is 2.70. The van der Waals surface area contributed by atoms with Crippen molar-refractivity contribution in [1.29, 1.82) is 0 Å². The molecule has 0 aromatic rings. The molecule has 0 aliphatic heterocycles. The molecule has 0 aromatic carbocycles. The zero-order chi connectivity index (χ0) is 22.6. The summed E-state index contributed by atoms with van der Waals surface area (Å²) in [5.74, 6) is 3.98. The van der Waals surface area contributed by atoms with Crippen molar-refractivity contribution in [1.82, 2.24) is 0 Å². The minimum atomic E-state index is -0.118. The third-order valence-corrected chi connectivity index (χ3v) is 13.5. The van der Waals surface area contributed by atoms with E-state index in [1.54, 1.807) is 0 Å². The Hall–Kier alpha value is -0.300. The lowest BCUT2D eigenvalue weighted by Crippen LogP contribution is -2.66. The third kappa shape index (κ3) is 2.65. The standard InChI is InChI=1S/C30H50O/c1-19(2)20-11-14-27(5)17-18-29(7)21(25(20)27)9-10-23-28(6)15-13-24(31)26(3,4)22(28)12-16-30(23,29)8/h20-25,31H,1,9-18H2,2-8H3/t20-,21?,22-,23+,24-,25+,27+,28?,29+,30+/m0/s1. The molecule has 31 heavy (non-hydrogen) atoms. The van der Waals surface area contributed by atoms with Crippen LogP contribution in [0.1, 0.15) is 113 Å². The minimum absolute atomic E-state index is 0.0632. The molecule has 0 amide bonds. The summed E-state index contributed by atoms with van der Waals surface area (Å²) in [5.41, 5.74) is 3.38. The van der Waals surface area contributed by atoms with E-state index in [1.165, 1.54) is 63.4 Å². The highest BCUT2D eigenvalue weighted by molar-refractivity contribution is 5.21. The summed E-state index contributed by atoms with van der Waals surface area (Å²) in [6.07, 6.45) is 13.4. The highest BCUT2D eigenvalue weighted by atomic mass is 16.3. The molecule has 5 aliphatic rings. The Labute approximate surface area is 192 Å². The number of hydrogen-bond donors (Lipinski definition) is 1. The van der Waals surface area contributed by atoms with Crippen molar-refractivity contribution >= 4 is 0 Å². The lowest BCUT2D eigenvalue weighted by atomic mass is 9.32. The van der Waals surface area contributed by atoms with Gasteiger partial charge < -0.3 is 5.11 Å². The molecule has 0 spiro atoms. The van der Waals surface area contributed by atoms with E-state index in [9.17, 15) is 5.11 Å². The molecule has 5 saturated carbocycles. The number of fused-ring (bicyclic) bond motifs is 7. The van der Waals surface area contributed by atoms with Crippen molar-refractivity contribution in [2.75, 3.05) is 0 Å². The summed E-state index contributed by atoms with van der Waals surface area (Å²) in [5, 5.41) is 10.9. The molecule has 1 N–H and O–H groups in total. The Bertz CT molecular complexity index is 766. The Morgan fingerprint density at radius 1 is 0.742 bits per heavy atom. The van der Waals surface area contributed by atoms with Crippen molar-refractivity contribution in [3.8, 4) is 0 Å². The fourth-order valence-corrected chi connectivity index (χ4v) is 11.5. The quantitative estimate of drug-likeness (QED) is 0.421. The molecular formula is C30H50O. The second-order valence-corrected chi connectivity index (χ2v) is 14.7. The molecule has 5 aliphatic carbocycles. The summed E-state index contributed by atoms with van der Waals surface area (Å²) in [6, 6.07) is 0. The zero-order valence-corrected chi connectivity index (χ0v) is 21.7. The first kappa shape index (κ1) is 22.5. The molecule has 2 unspecified atom stereocenters. The van der Waals surface area contributed by atoms with Gasteiger partial charge in [0.15, 0.2) is 0 Å². The fourth-order valence-electron chi connectivity index (χ4n) is 11.5. The second-order valence-electron chi connectivity index (χ2n) is 14.7. The Morgan fingerprint density at radius 2 is 1.45 bits per heavy atom. The van der Waals surface area contributed by atoms with Gasteiger partial charge in [0.2, 0.25) is 0 Å². The molecular weight excluding hydrogens is 376 g/mol. The number of rotatable bonds is 1. The van der Waals surface area contributed by atoms with Gasteiger partial charge in [-0.05, 0) is 128 Å². The summed E-state index contributed by atoms with van der Waals surface area (Å²) < 4.78 is 0. The Balaban J connectivity index is 1.54. The van der Waals surface area contributed by atoms with E-state index in [0.717, 1.165) is 30.1 Å². The van der Waals surface area contributed by atoms with Gasteiger partial charge in [-0.1, -0.05) is 53.7 Å². The minimum Gasteiger partial charge on any atom is -0.393 e. The molecule has 0 heterocycles. The van der Waals surface area contributed by atoms with Gasteiger partial charge in [-0.25, -0.2) is 0 Å². The SMILES string of the molecule is C=C(C)[C@@H]1CC[C@]2(C)CC[C@]3(C)C(CC[C@@H]4C5(C)CC[C@H](O)C(C)(C)[C@@H]5CC[C@]43C)[C@@H]12. The molecule has 10 atom stereocenters. The van der Waals surface area contributed by atoms with Crippen LogP contribution < -0.4 is 0 Å². The largest absolute Gasteiger partial charge is 0.393 e. The topological polar surface area (TPSA) is 20.2 Å². The van der Waals surface area contributed by atoms with Gasteiger partial charge in [-0.2, -0.15) is 0 Å². The van der Waals surface area contributed by atoms with Gasteiger partial charge in [0.1, 0.15) is 0 Å².